The zero-order valence-electron chi connectivity index (χ0n) is 10.5. The third-order valence-electron chi connectivity index (χ3n) is 3.48. The number of hydrogen-bond donors (Lipinski definition) is 2. The zero-order chi connectivity index (χ0) is 12.6. The number of carbonyl (C=O) groups excluding carboxylic acids is 1. The van der Waals surface area contributed by atoms with E-state index < -0.39 is 0 Å². The van der Waals surface area contributed by atoms with Crippen molar-refractivity contribution in [3.05, 3.63) is 11.8 Å². The number of anilines is 1. The lowest BCUT2D eigenvalue weighted by atomic mass is 10.1. The van der Waals surface area contributed by atoms with E-state index in [0.717, 1.165) is 13.1 Å². The van der Waals surface area contributed by atoms with Crippen LogP contribution in [0.15, 0.2) is 6.07 Å². The molecule has 0 aliphatic carbocycles. The van der Waals surface area contributed by atoms with Gasteiger partial charge in [0.2, 0.25) is 0 Å². The van der Waals surface area contributed by atoms with Crippen LogP contribution in [0.2, 0.25) is 0 Å². The van der Waals surface area contributed by atoms with E-state index in [2.05, 4.69) is 36.0 Å². The van der Waals surface area contributed by atoms with Crippen molar-refractivity contribution in [2.24, 2.45) is 0 Å². The average Bonchev–Trinajstić information content (AvgIpc) is 2.71. The third kappa shape index (κ3) is 2.26. The van der Waals surface area contributed by atoms with Crippen molar-refractivity contribution >= 4 is 11.7 Å². The molecular formula is C11H19N5O. The van der Waals surface area contributed by atoms with Gasteiger partial charge in [0.05, 0.1) is 0 Å². The van der Waals surface area contributed by atoms with Crippen LogP contribution in [0.4, 0.5) is 5.82 Å². The molecule has 0 bridgehead atoms. The number of amides is 1. The van der Waals surface area contributed by atoms with Gasteiger partial charge in [-0.15, -0.1) is 0 Å². The van der Waals surface area contributed by atoms with Gasteiger partial charge in [0.1, 0.15) is 11.5 Å². The SMILES string of the molecule is CC1CN(C(=O)c2cc(N)n[nH]2)CC(C)N1C. The molecule has 1 amide bonds. The lowest BCUT2D eigenvalue weighted by Gasteiger charge is -2.42. The molecule has 1 aliphatic rings. The quantitative estimate of drug-likeness (QED) is 0.729. The highest BCUT2D eigenvalue weighted by atomic mass is 16.2. The summed E-state index contributed by atoms with van der Waals surface area (Å²) in [6, 6.07) is 2.31. The minimum absolute atomic E-state index is 0.0269. The Kier molecular flexibility index (Phi) is 3.06. The normalized spacial score (nSPS) is 26.2. The first kappa shape index (κ1) is 11.9. The number of piperazine rings is 1. The maximum atomic E-state index is 12.2. The van der Waals surface area contributed by atoms with E-state index in [1.807, 2.05) is 4.90 Å². The number of nitrogens with two attached hydrogens (primary N) is 1. The molecule has 2 unspecified atom stereocenters. The van der Waals surface area contributed by atoms with Crippen LogP contribution in [0, 0.1) is 0 Å². The van der Waals surface area contributed by atoms with Gasteiger partial charge in [-0.1, -0.05) is 0 Å². The number of hydrogen-bond acceptors (Lipinski definition) is 4. The highest BCUT2D eigenvalue weighted by molar-refractivity contribution is 5.93. The van der Waals surface area contributed by atoms with Crippen molar-refractivity contribution in [3.63, 3.8) is 0 Å². The minimum Gasteiger partial charge on any atom is -0.382 e. The van der Waals surface area contributed by atoms with Crippen molar-refractivity contribution < 1.29 is 4.79 Å². The highest BCUT2D eigenvalue weighted by Gasteiger charge is 2.30. The first-order valence-corrected chi connectivity index (χ1v) is 5.81. The molecule has 17 heavy (non-hydrogen) atoms. The molecule has 2 rings (SSSR count). The second-order valence-electron chi connectivity index (χ2n) is 4.78. The monoisotopic (exact) mass is 237 g/mol. The molecule has 94 valence electrons. The summed E-state index contributed by atoms with van der Waals surface area (Å²) in [4.78, 5) is 16.3. The van der Waals surface area contributed by atoms with E-state index in [-0.39, 0.29) is 5.91 Å². The van der Waals surface area contributed by atoms with Crippen molar-refractivity contribution in [3.8, 4) is 0 Å². The lowest BCUT2D eigenvalue weighted by Crippen LogP contribution is -2.56. The van der Waals surface area contributed by atoms with Gasteiger partial charge in [-0.05, 0) is 20.9 Å². The van der Waals surface area contributed by atoms with Crippen molar-refractivity contribution in [1.29, 1.82) is 0 Å². The fourth-order valence-electron chi connectivity index (χ4n) is 2.19. The van der Waals surface area contributed by atoms with Gasteiger partial charge >= 0.3 is 0 Å². The molecule has 1 aromatic heterocycles. The number of nitrogens with one attached hydrogen (secondary N) is 1. The molecule has 0 aromatic carbocycles. The van der Waals surface area contributed by atoms with Crippen LogP contribution in [0.1, 0.15) is 24.3 Å². The number of aromatic nitrogens is 2. The smallest absolute Gasteiger partial charge is 0.272 e. The average molecular weight is 237 g/mol. The van der Waals surface area contributed by atoms with E-state index in [4.69, 9.17) is 5.73 Å². The predicted molar refractivity (Wildman–Crippen MR) is 65.6 cm³/mol. The molecule has 1 saturated heterocycles. The summed E-state index contributed by atoms with van der Waals surface area (Å²) in [6.07, 6.45) is 0. The molecule has 0 saturated carbocycles. The standard InChI is InChI=1S/C11H19N5O/c1-7-5-16(6-8(2)15(7)3)11(17)9-4-10(12)14-13-9/h4,7-8H,5-6H2,1-3H3,(H3,12,13,14). The third-order valence-corrected chi connectivity index (χ3v) is 3.48. The van der Waals surface area contributed by atoms with Gasteiger partial charge in [-0.25, -0.2) is 0 Å². The summed E-state index contributed by atoms with van der Waals surface area (Å²) in [7, 11) is 2.09. The molecular weight excluding hydrogens is 218 g/mol. The maximum Gasteiger partial charge on any atom is 0.272 e. The van der Waals surface area contributed by atoms with Crippen molar-refractivity contribution in [2.45, 2.75) is 25.9 Å². The number of likely N-dealkylation sites (N-methyl/N-ethyl adjacent to an activating group) is 1. The van der Waals surface area contributed by atoms with E-state index in [9.17, 15) is 4.79 Å². The lowest BCUT2D eigenvalue weighted by molar-refractivity contribution is 0.0409. The summed E-state index contributed by atoms with van der Waals surface area (Å²) in [5.41, 5.74) is 5.97. The molecule has 1 aromatic rings. The molecule has 2 atom stereocenters. The van der Waals surface area contributed by atoms with Crippen LogP contribution < -0.4 is 5.73 Å². The van der Waals surface area contributed by atoms with Crippen LogP contribution >= 0.6 is 0 Å². The summed E-state index contributed by atoms with van der Waals surface area (Å²) >= 11 is 0. The second kappa shape index (κ2) is 4.37. The Bertz CT molecular complexity index is 404. The predicted octanol–water partition coefficient (Wildman–Crippen LogP) is 0.157. The van der Waals surface area contributed by atoms with Crippen LogP contribution in [0.5, 0.6) is 0 Å². The van der Waals surface area contributed by atoms with Crippen LogP contribution in [-0.2, 0) is 0 Å². The van der Waals surface area contributed by atoms with Gasteiger partial charge in [-0.2, -0.15) is 5.10 Å². The fourth-order valence-corrected chi connectivity index (χ4v) is 2.19. The molecule has 3 N–H and O–H groups in total. The van der Waals surface area contributed by atoms with Gasteiger partial charge in [0.25, 0.3) is 5.91 Å². The summed E-state index contributed by atoms with van der Waals surface area (Å²) in [6.45, 7) is 5.71. The molecule has 1 fully saturated rings. The van der Waals surface area contributed by atoms with Gasteiger partial charge in [-0.3, -0.25) is 14.8 Å². The van der Waals surface area contributed by atoms with Gasteiger partial charge in [0, 0.05) is 31.2 Å². The van der Waals surface area contributed by atoms with Crippen LogP contribution in [-0.4, -0.2) is 58.1 Å². The number of H-pyrrole nitrogens is 1. The molecule has 6 heteroatoms. The van der Waals surface area contributed by atoms with Crippen molar-refractivity contribution in [1.82, 2.24) is 20.0 Å². The van der Waals surface area contributed by atoms with Crippen molar-refractivity contribution in [2.75, 3.05) is 25.9 Å². The van der Waals surface area contributed by atoms with Gasteiger partial charge < -0.3 is 10.6 Å². The number of nitrogen functional groups attached to an aromatic ring is 1. The zero-order valence-corrected chi connectivity index (χ0v) is 10.5. The molecule has 6 nitrogen and oxygen atoms in total. The Morgan fingerprint density at radius 1 is 1.47 bits per heavy atom. The molecule has 0 radical (unpaired) electrons. The maximum absolute atomic E-state index is 12.2. The Balaban J connectivity index is 2.11. The fraction of sp³-hybridized carbons (Fsp3) is 0.636. The molecule has 0 spiro atoms. The first-order valence-electron chi connectivity index (χ1n) is 5.81. The topological polar surface area (TPSA) is 78.2 Å². The van der Waals surface area contributed by atoms with E-state index in [0.29, 0.717) is 23.6 Å². The minimum atomic E-state index is -0.0269. The number of carbonyl (C=O) groups is 1. The van der Waals surface area contributed by atoms with E-state index >= 15 is 0 Å². The van der Waals surface area contributed by atoms with E-state index in [1.54, 1.807) is 6.07 Å². The first-order chi connectivity index (χ1) is 7.99. The number of aromatic amines is 1. The van der Waals surface area contributed by atoms with E-state index in [1.165, 1.54) is 0 Å². The highest BCUT2D eigenvalue weighted by Crippen LogP contribution is 2.15. The van der Waals surface area contributed by atoms with Gasteiger partial charge in [0.15, 0.2) is 0 Å². The Hall–Kier alpha value is -1.56. The Morgan fingerprint density at radius 3 is 2.53 bits per heavy atom. The number of nitrogens with zero attached hydrogens (tertiary/aromatic N) is 3. The summed E-state index contributed by atoms with van der Waals surface area (Å²) in [5, 5.41) is 6.44. The Morgan fingerprint density at radius 2 is 2.06 bits per heavy atom. The van der Waals surface area contributed by atoms with Crippen LogP contribution in [0.25, 0.3) is 0 Å². The Labute approximate surface area is 101 Å². The molecule has 2 heterocycles. The number of rotatable bonds is 1. The largest absolute Gasteiger partial charge is 0.382 e. The molecule has 1 aliphatic heterocycles. The summed E-state index contributed by atoms with van der Waals surface area (Å²) < 4.78 is 0. The van der Waals surface area contributed by atoms with Crippen LogP contribution in [0.3, 0.4) is 0 Å². The summed E-state index contributed by atoms with van der Waals surface area (Å²) in [5.74, 6) is 0.324. The second-order valence-corrected chi connectivity index (χ2v) is 4.78.